The molecule has 1 aliphatic rings. The van der Waals surface area contributed by atoms with Crippen LogP contribution in [0, 0.1) is 0 Å². The summed E-state index contributed by atoms with van der Waals surface area (Å²) in [5.74, 6) is 0.807. The van der Waals surface area contributed by atoms with Gasteiger partial charge in [-0.25, -0.2) is 0 Å². The van der Waals surface area contributed by atoms with Crippen LogP contribution in [0.1, 0.15) is 52.5 Å². The van der Waals surface area contributed by atoms with Gasteiger partial charge in [0.2, 0.25) is 0 Å². The minimum absolute atomic E-state index is 0.121. The number of likely N-dealkylation sites (N-methyl/N-ethyl adjacent to an activating group) is 1. The van der Waals surface area contributed by atoms with Crippen LogP contribution in [-0.2, 0) is 4.79 Å². The molecule has 1 aromatic rings. The molecule has 0 aromatic heterocycles. The molecular formula is C17H29NO. The number of carbonyl (C=O) groups is 1. The van der Waals surface area contributed by atoms with Crippen molar-refractivity contribution in [3.05, 3.63) is 35.9 Å². The molecule has 2 atom stereocenters. The van der Waals surface area contributed by atoms with Gasteiger partial charge in [-0.05, 0) is 31.9 Å². The van der Waals surface area contributed by atoms with E-state index in [-0.39, 0.29) is 11.8 Å². The second kappa shape index (κ2) is 9.74. The van der Waals surface area contributed by atoms with E-state index in [1.165, 1.54) is 5.56 Å². The fraction of sp³-hybridized carbons (Fsp3) is 0.588. The van der Waals surface area contributed by atoms with Gasteiger partial charge in [0, 0.05) is 6.54 Å². The summed E-state index contributed by atoms with van der Waals surface area (Å²) in [6, 6.07) is 10.6. The molecule has 1 aromatic carbocycles. The second-order valence-corrected chi connectivity index (χ2v) is 4.41. The second-order valence-electron chi connectivity index (χ2n) is 4.41. The summed E-state index contributed by atoms with van der Waals surface area (Å²) >= 11 is 0. The molecule has 2 unspecified atom stereocenters. The minimum atomic E-state index is 0.121. The largest absolute Gasteiger partial charge is 0.298 e. The molecule has 1 fully saturated rings. The molecular weight excluding hydrogens is 234 g/mol. The quantitative estimate of drug-likeness (QED) is 0.800. The SMILES string of the molecule is CC.CC.CC(=O)C1CC(c2ccccc2)CN1C. The normalized spacial score (nSPS) is 21.8. The van der Waals surface area contributed by atoms with Crippen molar-refractivity contribution in [3.8, 4) is 0 Å². The van der Waals surface area contributed by atoms with Crippen LogP contribution in [0.5, 0.6) is 0 Å². The summed E-state index contributed by atoms with van der Waals surface area (Å²) in [5, 5.41) is 0. The van der Waals surface area contributed by atoms with Crippen LogP contribution < -0.4 is 0 Å². The van der Waals surface area contributed by atoms with Crippen molar-refractivity contribution in [2.75, 3.05) is 13.6 Å². The topological polar surface area (TPSA) is 20.3 Å². The fourth-order valence-electron chi connectivity index (χ4n) is 2.44. The van der Waals surface area contributed by atoms with Crippen LogP contribution in [0.25, 0.3) is 0 Å². The number of hydrogen-bond acceptors (Lipinski definition) is 2. The molecule has 1 aliphatic heterocycles. The van der Waals surface area contributed by atoms with Gasteiger partial charge in [0.05, 0.1) is 6.04 Å². The monoisotopic (exact) mass is 263 g/mol. The summed E-state index contributed by atoms with van der Waals surface area (Å²) in [4.78, 5) is 13.6. The van der Waals surface area contributed by atoms with Gasteiger partial charge in [-0.3, -0.25) is 9.69 Å². The molecule has 1 saturated heterocycles. The van der Waals surface area contributed by atoms with E-state index in [1.807, 2.05) is 40.8 Å². The molecule has 0 spiro atoms. The lowest BCUT2D eigenvalue weighted by Crippen LogP contribution is -2.30. The Morgan fingerprint density at radius 3 is 2.05 bits per heavy atom. The molecule has 2 heteroatoms. The Morgan fingerprint density at radius 2 is 1.63 bits per heavy atom. The average molecular weight is 263 g/mol. The smallest absolute Gasteiger partial charge is 0.146 e. The maximum atomic E-state index is 11.4. The number of Topliss-reactive ketones (excluding diaryl/α,β-unsaturated/α-hetero) is 1. The van der Waals surface area contributed by atoms with Crippen LogP contribution in [0.15, 0.2) is 30.3 Å². The summed E-state index contributed by atoms with van der Waals surface area (Å²) in [7, 11) is 2.04. The molecule has 0 aliphatic carbocycles. The van der Waals surface area contributed by atoms with Gasteiger partial charge in [-0.1, -0.05) is 58.0 Å². The Bertz CT molecular complexity index is 348. The Labute approximate surface area is 118 Å². The fourth-order valence-corrected chi connectivity index (χ4v) is 2.44. The van der Waals surface area contributed by atoms with E-state index in [1.54, 1.807) is 6.92 Å². The minimum Gasteiger partial charge on any atom is -0.298 e. The third kappa shape index (κ3) is 5.15. The molecule has 1 heterocycles. The maximum absolute atomic E-state index is 11.4. The van der Waals surface area contributed by atoms with Crippen LogP contribution in [0.3, 0.4) is 0 Å². The van der Waals surface area contributed by atoms with Gasteiger partial charge < -0.3 is 0 Å². The van der Waals surface area contributed by atoms with E-state index >= 15 is 0 Å². The summed E-state index contributed by atoms with van der Waals surface area (Å²) in [5.41, 5.74) is 1.35. The third-order valence-electron chi connectivity index (χ3n) is 3.29. The Balaban J connectivity index is 0.000000741. The zero-order valence-electron chi connectivity index (χ0n) is 13.3. The van der Waals surface area contributed by atoms with Crippen molar-refractivity contribution in [1.82, 2.24) is 4.90 Å². The van der Waals surface area contributed by atoms with Crippen molar-refractivity contribution < 1.29 is 4.79 Å². The van der Waals surface area contributed by atoms with Crippen LogP contribution in [0.2, 0.25) is 0 Å². The van der Waals surface area contributed by atoms with Gasteiger partial charge in [0.1, 0.15) is 5.78 Å². The van der Waals surface area contributed by atoms with E-state index in [0.29, 0.717) is 5.92 Å². The average Bonchev–Trinajstić information content (AvgIpc) is 2.86. The molecule has 0 N–H and O–H groups in total. The first-order chi connectivity index (χ1) is 9.18. The lowest BCUT2D eigenvalue weighted by molar-refractivity contribution is -0.120. The molecule has 0 bridgehead atoms. The van der Waals surface area contributed by atoms with E-state index in [2.05, 4.69) is 29.2 Å². The Morgan fingerprint density at radius 1 is 1.11 bits per heavy atom. The van der Waals surface area contributed by atoms with Gasteiger partial charge in [-0.2, -0.15) is 0 Å². The van der Waals surface area contributed by atoms with E-state index < -0.39 is 0 Å². The van der Waals surface area contributed by atoms with E-state index in [4.69, 9.17) is 0 Å². The number of hydrogen-bond donors (Lipinski definition) is 0. The maximum Gasteiger partial charge on any atom is 0.146 e. The lowest BCUT2D eigenvalue weighted by Gasteiger charge is -2.14. The first-order valence-corrected chi connectivity index (χ1v) is 7.44. The van der Waals surface area contributed by atoms with Crippen LogP contribution >= 0.6 is 0 Å². The highest BCUT2D eigenvalue weighted by Gasteiger charge is 2.32. The van der Waals surface area contributed by atoms with Crippen molar-refractivity contribution in [1.29, 1.82) is 0 Å². The number of benzene rings is 1. The summed E-state index contributed by atoms with van der Waals surface area (Å²) < 4.78 is 0. The highest BCUT2D eigenvalue weighted by molar-refractivity contribution is 5.81. The van der Waals surface area contributed by atoms with Gasteiger partial charge in [-0.15, -0.1) is 0 Å². The Kier molecular flexibility index (Phi) is 9.15. The van der Waals surface area contributed by atoms with Crippen molar-refractivity contribution in [3.63, 3.8) is 0 Å². The molecule has 2 nitrogen and oxygen atoms in total. The molecule has 108 valence electrons. The van der Waals surface area contributed by atoms with Crippen LogP contribution in [-0.4, -0.2) is 30.3 Å². The highest BCUT2D eigenvalue weighted by atomic mass is 16.1. The predicted octanol–water partition coefficient (Wildman–Crippen LogP) is 4.12. The van der Waals surface area contributed by atoms with E-state index in [9.17, 15) is 4.79 Å². The Hall–Kier alpha value is -1.15. The van der Waals surface area contributed by atoms with Crippen molar-refractivity contribution in [2.24, 2.45) is 0 Å². The van der Waals surface area contributed by atoms with Crippen LogP contribution in [0.4, 0.5) is 0 Å². The van der Waals surface area contributed by atoms with Crippen molar-refractivity contribution >= 4 is 5.78 Å². The van der Waals surface area contributed by atoms with E-state index in [0.717, 1.165) is 13.0 Å². The zero-order chi connectivity index (χ0) is 14.8. The number of rotatable bonds is 2. The highest BCUT2D eigenvalue weighted by Crippen LogP contribution is 2.30. The lowest BCUT2D eigenvalue weighted by atomic mass is 9.95. The third-order valence-corrected chi connectivity index (χ3v) is 3.29. The number of ketones is 1. The predicted molar refractivity (Wildman–Crippen MR) is 83.6 cm³/mol. The zero-order valence-corrected chi connectivity index (χ0v) is 13.3. The molecule has 0 saturated carbocycles. The molecule has 0 amide bonds. The van der Waals surface area contributed by atoms with Crippen molar-refractivity contribution in [2.45, 2.75) is 53.0 Å². The molecule has 19 heavy (non-hydrogen) atoms. The molecule has 2 rings (SSSR count). The number of likely N-dealkylation sites (tertiary alicyclic amines) is 1. The number of nitrogens with zero attached hydrogens (tertiary/aromatic N) is 1. The first-order valence-electron chi connectivity index (χ1n) is 7.44. The summed E-state index contributed by atoms with van der Waals surface area (Å²) in [6.07, 6.45) is 0.968. The molecule has 0 radical (unpaired) electrons. The van der Waals surface area contributed by atoms with Gasteiger partial charge >= 0.3 is 0 Å². The summed E-state index contributed by atoms with van der Waals surface area (Å²) in [6.45, 7) is 10.7. The first kappa shape index (κ1) is 17.8. The van der Waals surface area contributed by atoms with Gasteiger partial charge in [0.25, 0.3) is 0 Å². The number of carbonyl (C=O) groups excluding carboxylic acids is 1. The standard InChI is InChI=1S/C13H17NO.2C2H6/c1-10(15)13-8-12(9-14(13)2)11-6-4-3-5-7-11;2*1-2/h3-7,12-13H,8-9H2,1-2H3;2*1-2H3. The van der Waals surface area contributed by atoms with Gasteiger partial charge in [0.15, 0.2) is 0 Å².